The van der Waals surface area contributed by atoms with Gasteiger partial charge in [-0.3, -0.25) is 4.79 Å². The molecule has 0 amide bonds. The highest BCUT2D eigenvalue weighted by Gasteiger charge is 2.09. The first-order chi connectivity index (χ1) is 8.06. The van der Waals surface area contributed by atoms with E-state index in [1.54, 1.807) is 6.07 Å². The van der Waals surface area contributed by atoms with Crippen LogP contribution in [0, 0.1) is 5.82 Å². The van der Waals surface area contributed by atoms with Crippen LogP contribution in [0.2, 0.25) is 0 Å². The maximum absolute atomic E-state index is 13.1. The van der Waals surface area contributed by atoms with Crippen molar-refractivity contribution in [2.75, 3.05) is 0 Å². The zero-order valence-electron chi connectivity index (χ0n) is 8.21. The molecule has 1 aromatic carbocycles. The number of halogens is 3. The SMILES string of the molecule is O=c1[nH]cnc(Oc2cc(F)cc(Br)c2)c1Br. The van der Waals surface area contributed by atoms with Gasteiger partial charge in [0.15, 0.2) is 0 Å². The first-order valence-corrected chi connectivity index (χ1v) is 6.02. The summed E-state index contributed by atoms with van der Waals surface area (Å²) in [6.45, 7) is 0. The predicted molar refractivity (Wildman–Crippen MR) is 66.7 cm³/mol. The quantitative estimate of drug-likeness (QED) is 0.891. The molecule has 7 heteroatoms. The van der Waals surface area contributed by atoms with Crippen LogP contribution in [0.3, 0.4) is 0 Å². The van der Waals surface area contributed by atoms with Crippen molar-refractivity contribution in [1.29, 1.82) is 0 Å². The molecule has 0 radical (unpaired) electrons. The van der Waals surface area contributed by atoms with Gasteiger partial charge in [0.2, 0.25) is 5.88 Å². The van der Waals surface area contributed by atoms with Gasteiger partial charge in [-0.1, -0.05) is 15.9 Å². The van der Waals surface area contributed by atoms with Gasteiger partial charge in [0.05, 0.1) is 6.33 Å². The van der Waals surface area contributed by atoms with Crippen LogP contribution in [0.1, 0.15) is 0 Å². The van der Waals surface area contributed by atoms with Crippen LogP contribution in [0.25, 0.3) is 0 Å². The van der Waals surface area contributed by atoms with Crippen molar-refractivity contribution < 1.29 is 9.13 Å². The Balaban J connectivity index is 2.38. The van der Waals surface area contributed by atoms with Crippen molar-refractivity contribution in [3.05, 3.63) is 49.6 Å². The average Bonchev–Trinajstić information content (AvgIpc) is 2.23. The molecule has 0 saturated carbocycles. The second kappa shape index (κ2) is 4.97. The zero-order chi connectivity index (χ0) is 12.4. The lowest BCUT2D eigenvalue weighted by Gasteiger charge is -2.06. The Morgan fingerprint density at radius 2 is 2.06 bits per heavy atom. The molecule has 88 valence electrons. The molecule has 2 aromatic rings. The van der Waals surface area contributed by atoms with Crippen molar-refractivity contribution in [3.63, 3.8) is 0 Å². The van der Waals surface area contributed by atoms with Gasteiger partial charge >= 0.3 is 0 Å². The first kappa shape index (κ1) is 12.3. The molecule has 4 nitrogen and oxygen atoms in total. The van der Waals surface area contributed by atoms with Gasteiger partial charge in [-0.15, -0.1) is 0 Å². The minimum absolute atomic E-state index is 0.0752. The number of benzene rings is 1. The largest absolute Gasteiger partial charge is 0.437 e. The molecular formula is C10H5Br2FN2O2. The molecule has 0 bridgehead atoms. The van der Waals surface area contributed by atoms with E-state index in [9.17, 15) is 9.18 Å². The van der Waals surface area contributed by atoms with Gasteiger partial charge in [0.1, 0.15) is 16.0 Å². The van der Waals surface area contributed by atoms with E-state index in [2.05, 4.69) is 41.8 Å². The van der Waals surface area contributed by atoms with Crippen LogP contribution in [0.5, 0.6) is 11.6 Å². The molecule has 0 spiro atoms. The van der Waals surface area contributed by atoms with E-state index in [0.717, 1.165) is 0 Å². The summed E-state index contributed by atoms with van der Waals surface area (Å²) in [5.41, 5.74) is -0.370. The topological polar surface area (TPSA) is 55.0 Å². The Bertz CT molecular complexity index is 595. The van der Waals surface area contributed by atoms with Gasteiger partial charge in [-0.25, -0.2) is 9.37 Å². The molecule has 0 fully saturated rings. The van der Waals surface area contributed by atoms with E-state index in [0.29, 0.717) is 4.47 Å². The lowest BCUT2D eigenvalue weighted by molar-refractivity contribution is 0.452. The summed E-state index contributed by atoms with van der Waals surface area (Å²) in [5, 5.41) is 0. The van der Waals surface area contributed by atoms with Crippen LogP contribution in [0.4, 0.5) is 4.39 Å². The number of hydrogen-bond donors (Lipinski definition) is 1. The third kappa shape index (κ3) is 2.92. The summed E-state index contributed by atoms with van der Waals surface area (Å²) in [4.78, 5) is 17.5. The van der Waals surface area contributed by atoms with Crippen LogP contribution >= 0.6 is 31.9 Å². The van der Waals surface area contributed by atoms with Crippen molar-refractivity contribution in [3.8, 4) is 11.6 Å². The molecule has 0 aliphatic rings. The molecule has 0 saturated heterocycles. The molecule has 0 aliphatic carbocycles. The van der Waals surface area contributed by atoms with E-state index >= 15 is 0 Å². The minimum atomic E-state index is -0.449. The fraction of sp³-hybridized carbons (Fsp3) is 0. The number of aromatic nitrogens is 2. The van der Waals surface area contributed by atoms with Gasteiger partial charge in [0.25, 0.3) is 5.56 Å². The van der Waals surface area contributed by atoms with Crippen LogP contribution in [0.15, 0.2) is 38.3 Å². The van der Waals surface area contributed by atoms with Crippen LogP contribution < -0.4 is 10.3 Å². The van der Waals surface area contributed by atoms with Crippen molar-refractivity contribution in [2.24, 2.45) is 0 Å². The highest BCUT2D eigenvalue weighted by molar-refractivity contribution is 9.10. The number of rotatable bonds is 2. The second-order valence-corrected chi connectivity index (χ2v) is 4.77. The van der Waals surface area contributed by atoms with Crippen molar-refractivity contribution >= 4 is 31.9 Å². The average molecular weight is 364 g/mol. The molecule has 0 atom stereocenters. The summed E-state index contributed by atoms with van der Waals surface area (Å²) in [6.07, 6.45) is 1.21. The van der Waals surface area contributed by atoms with E-state index < -0.39 is 5.82 Å². The Morgan fingerprint density at radius 1 is 1.29 bits per heavy atom. The summed E-state index contributed by atoms with van der Waals surface area (Å²) in [5.74, 6) is -0.128. The van der Waals surface area contributed by atoms with Gasteiger partial charge < -0.3 is 9.72 Å². The highest BCUT2D eigenvalue weighted by atomic mass is 79.9. The molecule has 17 heavy (non-hydrogen) atoms. The number of hydrogen-bond acceptors (Lipinski definition) is 3. The van der Waals surface area contributed by atoms with Crippen LogP contribution in [-0.2, 0) is 0 Å². The van der Waals surface area contributed by atoms with Gasteiger partial charge in [-0.2, -0.15) is 0 Å². The number of aromatic amines is 1. The maximum atomic E-state index is 13.1. The Hall–Kier alpha value is -1.21. The van der Waals surface area contributed by atoms with Crippen molar-refractivity contribution in [2.45, 2.75) is 0 Å². The van der Waals surface area contributed by atoms with Crippen molar-refractivity contribution in [1.82, 2.24) is 9.97 Å². The van der Waals surface area contributed by atoms with E-state index in [-0.39, 0.29) is 21.7 Å². The molecule has 2 rings (SSSR count). The number of ether oxygens (including phenoxy) is 1. The van der Waals surface area contributed by atoms with Gasteiger partial charge in [0, 0.05) is 10.5 Å². The van der Waals surface area contributed by atoms with Gasteiger partial charge in [-0.05, 0) is 28.1 Å². The fourth-order valence-electron chi connectivity index (χ4n) is 1.14. The highest BCUT2D eigenvalue weighted by Crippen LogP contribution is 2.27. The Labute approximate surface area is 112 Å². The summed E-state index contributed by atoms with van der Waals surface area (Å²) in [6, 6.07) is 4.06. The maximum Gasteiger partial charge on any atom is 0.268 e. The normalized spacial score (nSPS) is 10.3. The lowest BCUT2D eigenvalue weighted by atomic mass is 10.3. The third-order valence-electron chi connectivity index (χ3n) is 1.82. The first-order valence-electron chi connectivity index (χ1n) is 4.43. The fourth-order valence-corrected chi connectivity index (χ4v) is 1.88. The molecule has 0 aliphatic heterocycles. The summed E-state index contributed by atoms with van der Waals surface area (Å²) in [7, 11) is 0. The second-order valence-electron chi connectivity index (χ2n) is 3.06. The summed E-state index contributed by atoms with van der Waals surface area (Å²) < 4.78 is 19.1. The number of nitrogens with one attached hydrogen (secondary N) is 1. The lowest BCUT2D eigenvalue weighted by Crippen LogP contribution is -2.08. The summed E-state index contributed by atoms with van der Waals surface area (Å²) >= 11 is 6.18. The van der Waals surface area contributed by atoms with E-state index in [4.69, 9.17) is 4.74 Å². The zero-order valence-corrected chi connectivity index (χ0v) is 11.4. The molecule has 1 aromatic heterocycles. The third-order valence-corrected chi connectivity index (χ3v) is 2.97. The Kier molecular flexibility index (Phi) is 3.58. The van der Waals surface area contributed by atoms with E-state index in [1.807, 2.05) is 0 Å². The molecular weight excluding hydrogens is 359 g/mol. The number of H-pyrrole nitrogens is 1. The smallest absolute Gasteiger partial charge is 0.268 e. The monoisotopic (exact) mass is 362 g/mol. The van der Waals surface area contributed by atoms with Crippen LogP contribution in [-0.4, -0.2) is 9.97 Å². The van der Waals surface area contributed by atoms with E-state index in [1.165, 1.54) is 18.5 Å². The number of nitrogens with zero attached hydrogens (tertiary/aromatic N) is 1. The minimum Gasteiger partial charge on any atom is -0.437 e. The molecule has 1 heterocycles. The Morgan fingerprint density at radius 3 is 2.76 bits per heavy atom. The molecule has 1 N–H and O–H groups in total. The predicted octanol–water partition coefficient (Wildman–Crippen LogP) is 3.23. The molecule has 0 unspecified atom stereocenters. The standard InChI is InChI=1S/C10H5Br2FN2O2/c11-5-1-6(13)3-7(2-5)17-10-8(12)9(16)14-4-15-10/h1-4H,(H,14,15,16).